The number of ether oxygens (including phenoxy) is 1. The van der Waals surface area contributed by atoms with Gasteiger partial charge in [-0.05, 0) is 18.2 Å². The Bertz CT molecular complexity index is 886. The predicted molar refractivity (Wildman–Crippen MR) is 93.9 cm³/mol. The number of aliphatic hydroxyl groups is 1. The predicted octanol–water partition coefficient (Wildman–Crippen LogP) is 2.07. The number of benzene rings is 2. The molecule has 0 aliphatic carbocycles. The molecule has 2 rings (SSSR count). The number of para-hydroxylation sites is 1. The van der Waals surface area contributed by atoms with Crippen LogP contribution in [0.3, 0.4) is 0 Å². The summed E-state index contributed by atoms with van der Waals surface area (Å²) in [5.41, 5.74) is -1.18. The van der Waals surface area contributed by atoms with Gasteiger partial charge in [0.1, 0.15) is 17.3 Å². The van der Waals surface area contributed by atoms with Crippen molar-refractivity contribution in [2.75, 3.05) is 30.4 Å². The normalized spacial score (nSPS) is 10.2. The van der Waals surface area contributed by atoms with Crippen molar-refractivity contribution in [1.82, 2.24) is 0 Å². The van der Waals surface area contributed by atoms with Crippen molar-refractivity contribution in [2.24, 2.45) is 0 Å². The van der Waals surface area contributed by atoms with E-state index in [-0.39, 0.29) is 30.1 Å². The number of nitro benzene ring substituents is 1. The number of hydrogen-bond donors (Lipinski definition) is 3. The van der Waals surface area contributed by atoms with Crippen LogP contribution in [0.4, 0.5) is 25.8 Å². The number of hydrogen-bond acceptors (Lipinski definition) is 7. The third-order valence-electron chi connectivity index (χ3n) is 3.42. The number of carbonyl (C=O) groups excluding carboxylic acids is 2. The average Bonchev–Trinajstić information content (AvgIpc) is 2.67. The number of carbonyl (C=O) groups is 2. The van der Waals surface area contributed by atoms with Crippen molar-refractivity contribution in [3.8, 4) is 0 Å². The molecular weight excluding hydrogens is 380 g/mol. The first-order chi connectivity index (χ1) is 13.3. The van der Waals surface area contributed by atoms with Crippen molar-refractivity contribution in [1.29, 1.82) is 0 Å². The second-order valence-electron chi connectivity index (χ2n) is 5.36. The Morgan fingerprint density at radius 1 is 1.18 bits per heavy atom. The fourth-order valence-electron chi connectivity index (χ4n) is 2.16. The van der Waals surface area contributed by atoms with E-state index >= 15 is 0 Å². The first-order valence-corrected chi connectivity index (χ1v) is 7.87. The molecule has 0 radical (unpaired) electrons. The number of esters is 1. The number of amides is 1. The van der Waals surface area contributed by atoms with Crippen LogP contribution in [-0.4, -0.2) is 41.7 Å². The summed E-state index contributed by atoms with van der Waals surface area (Å²) in [6, 6.07) is 6.32. The lowest BCUT2D eigenvalue weighted by atomic mass is 10.1. The van der Waals surface area contributed by atoms with E-state index in [9.17, 15) is 28.5 Å². The third kappa shape index (κ3) is 5.20. The first-order valence-electron chi connectivity index (χ1n) is 7.87. The van der Waals surface area contributed by atoms with Gasteiger partial charge in [-0.3, -0.25) is 14.9 Å². The van der Waals surface area contributed by atoms with Crippen LogP contribution in [-0.2, 0) is 9.53 Å². The molecule has 2 aromatic carbocycles. The molecule has 11 heteroatoms. The van der Waals surface area contributed by atoms with Gasteiger partial charge in [-0.15, -0.1) is 0 Å². The highest BCUT2D eigenvalue weighted by molar-refractivity contribution is 5.99. The summed E-state index contributed by atoms with van der Waals surface area (Å²) < 4.78 is 31.8. The molecule has 148 valence electrons. The van der Waals surface area contributed by atoms with Crippen molar-refractivity contribution in [3.63, 3.8) is 0 Å². The van der Waals surface area contributed by atoms with Crippen molar-refractivity contribution < 1.29 is 33.1 Å². The Balaban J connectivity index is 2.10. The Morgan fingerprint density at radius 3 is 2.46 bits per heavy atom. The van der Waals surface area contributed by atoms with Crippen molar-refractivity contribution in [2.45, 2.75) is 0 Å². The first kappa shape index (κ1) is 20.7. The summed E-state index contributed by atoms with van der Waals surface area (Å²) in [7, 11) is 0. The van der Waals surface area contributed by atoms with Crippen LogP contribution in [0, 0.1) is 21.7 Å². The molecule has 2 aromatic rings. The van der Waals surface area contributed by atoms with Crippen molar-refractivity contribution in [3.05, 3.63) is 63.7 Å². The average molecular weight is 395 g/mol. The van der Waals surface area contributed by atoms with Gasteiger partial charge in [-0.1, -0.05) is 6.07 Å². The van der Waals surface area contributed by atoms with Crippen LogP contribution in [0.1, 0.15) is 10.4 Å². The maximum Gasteiger partial charge on any atom is 0.341 e. The quantitative estimate of drug-likeness (QED) is 0.354. The van der Waals surface area contributed by atoms with E-state index in [4.69, 9.17) is 9.84 Å². The molecule has 0 atom stereocenters. The summed E-state index contributed by atoms with van der Waals surface area (Å²) in [6.45, 7) is -1.08. The Hall–Kier alpha value is -3.60. The summed E-state index contributed by atoms with van der Waals surface area (Å²) in [5.74, 6) is -4.09. The van der Waals surface area contributed by atoms with E-state index in [0.717, 1.165) is 30.3 Å². The molecule has 3 N–H and O–H groups in total. The number of halogens is 2. The molecular formula is C17H15F2N3O6. The van der Waals surface area contributed by atoms with E-state index in [1.807, 2.05) is 5.32 Å². The summed E-state index contributed by atoms with van der Waals surface area (Å²) in [6.07, 6.45) is 0. The van der Waals surface area contributed by atoms with E-state index in [2.05, 4.69) is 5.32 Å². The lowest BCUT2D eigenvalue weighted by molar-refractivity contribution is -0.384. The number of nitrogens with one attached hydrogen (secondary N) is 2. The number of non-ortho nitro benzene ring substituents is 1. The second kappa shape index (κ2) is 9.37. The zero-order valence-corrected chi connectivity index (χ0v) is 14.3. The standard InChI is InChI=1S/C17H15F2N3O6/c18-12-2-1-3-13(19)16(12)21-15(24)9-28-17(25)11-8-10(22(26)27)4-5-14(11)20-6-7-23/h1-5,8,20,23H,6-7,9H2,(H,21,24). The second-order valence-corrected chi connectivity index (χ2v) is 5.36. The van der Waals surface area contributed by atoms with Crippen LogP contribution in [0.15, 0.2) is 36.4 Å². The lowest BCUT2D eigenvalue weighted by Gasteiger charge is -2.11. The van der Waals surface area contributed by atoms with Gasteiger partial charge >= 0.3 is 5.97 Å². The molecule has 0 saturated carbocycles. The third-order valence-corrected chi connectivity index (χ3v) is 3.42. The number of nitro groups is 1. The fourth-order valence-corrected chi connectivity index (χ4v) is 2.16. The minimum atomic E-state index is -1.08. The molecule has 1 amide bonds. The highest BCUT2D eigenvalue weighted by Gasteiger charge is 2.20. The zero-order chi connectivity index (χ0) is 20.7. The fraction of sp³-hybridized carbons (Fsp3) is 0.176. The molecule has 0 bridgehead atoms. The van der Waals surface area contributed by atoms with E-state index in [1.54, 1.807) is 0 Å². The summed E-state index contributed by atoms with van der Waals surface area (Å²) in [5, 5.41) is 24.4. The maximum absolute atomic E-state index is 13.5. The molecule has 28 heavy (non-hydrogen) atoms. The Labute approximate surface area is 157 Å². The van der Waals surface area contributed by atoms with Gasteiger partial charge in [0.05, 0.1) is 17.1 Å². The van der Waals surface area contributed by atoms with Crippen LogP contribution in [0.25, 0.3) is 0 Å². The number of anilines is 2. The van der Waals surface area contributed by atoms with E-state index in [0.29, 0.717) is 0 Å². The molecule has 0 aliphatic rings. The SMILES string of the molecule is O=C(COC(=O)c1cc([N+](=O)[O-])ccc1NCCO)Nc1c(F)cccc1F. The lowest BCUT2D eigenvalue weighted by Crippen LogP contribution is -2.22. The molecule has 0 unspecified atom stereocenters. The largest absolute Gasteiger partial charge is 0.452 e. The van der Waals surface area contributed by atoms with Gasteiger partial charge < -0.3 is 20.5 Å². The van der Waals surface area contributed by atoms with Gasteiger partial charge in [0, 0.05) is 24.4 Å². The molecule has 0 spiro atoms. The molecule has 9 nitrogen and oxygen atoms in total. The molecule has 0 heterocycles. The monoisotopic (exact) mass is 395 g/mol. The van der Waals surface area contributed by atoms with Crippen LogP contribution < -0.4 is 10.6 Å². The van der Waals surface area contributed by atoms with Crippen LogP contribution in [0.5, 0.6) is 0 Å². The summed E-state index contributed by atoms with van der Waals surface area (Å²) in [4.78, 5) is 34.2. The minimum absolute atomic E-state index is 0.0607. The number of rotatable bonds is 8. The van der Waals surface area contributed by atoms with Gasteiger partial charge in [-0.2, -0.15) is 0 Å². The number of aliphatic hydroxyl groups excluding tert-OH is 1. The van der Waals surface area contributed by atoms with Crippen LogP contribution >= 0.6 is 0 Å². The van der Waals surface area contributed by atoms with E-state index < -0.39 is 40.7 Å². The Kier molecular flexibility index (Phi) is 6.93. The van der Waals surface area contributed by atoms with Gasteiger partial charge in [0.25, 0.3) is 11.6 Å². The smallest absolute Gasteiger partial charge is 0.341 e. The maximum atomic E-state index is 13.5. The van der Waals surface area contributed by atoms with Gasteiger partial charge in [0.2, 0.25) is 0 Å². The molecule has 0 aliphatic heterocycles. The molecule has 0 aromatic heterocycles. The van der Waals surface area contributed by atoms with Crippen molar-refractivity contribution >= 4 is 28.9 Å². The minimum Gasteiger partial charge on any atom is -0.452 e. The molecule has 0 saturated heterocycles. The van der Waals surface area contributed by atoms with Crippen LogP contribution in [0.2, 0.25) is 0 Å². The Morgan fingerprint density at radius 2 is 1.86 bits per heavy atom. The van der Waals surface area contributed by atoms with E-state index in [1.165, 1.54) is 6.07 Å². The van der Waals surface area contributed by atoms with Gasteiger partial charge in [0.15, 0.2) is 6.61 Å². The summed E-state index contributed by atoms with van der Waals surface area (Å²) >= 11 is 0. The zero-order valence-electron chi connectivity index (χ0n) is 14.3. The van der Waals surface area contributed by atoms with Gasteiger partial charge in [-0.25, -0.2) is 13.6 Å². The highest BCUT2D eigenvalue weighted by Crippen LogP contribution is 2.23. The molecule has 0 fully saturated rings. The number of nitrogens with zero attached hydrogens (tertiary/aromatic N) is 1. The highest BCUT2D eigenvalue weighted by atomic mass is 19.1. The topological polar surface area (TPSA) is 131 Å².